The largest absolute Gasteiger partial charge is 0.508 e. The van der Waals surface area contributed by atoms with E-state index in [1.807, 2.05) is 0 Å². The molecular weight excluding hydrogens is 360 g/mol. The summed E-state index contributed by atoms with van der Waals surface area (Å²) >= 11 is 0. The second-order valence-corrected chi connectivity index (χ2v) is 6.38. The molecular formula is C21H26N2O5. The zero-order chi connectivity index (χ0) is 21.6. The maximum Gasteiger partial charge on any atom is 0.407 e. The Balaban J connectivity index is 0.000000509. The number of amides is 1. The van der Waals surface area contributed by atoms with Gasteiger partial charge in [0, 0.05) is 19.0 Å². The number of aromatic hydroxyl groups is 2. The van der Waals surface area contributed by atoms with Crippen LogP contribution in [0.1, 0.15) is 43.6 Å². The predicted octanol–water partition coefficient (Wildman–Crippen LogP) is 4.15. The third-order valence-electron chi connectivity index (χ3n) is 2.88. The summed E-state index contributed by atoms with van der Waals surface area (Å²) in [5, 5.41) is 28.2. The van der Waals surface area contributed by atoms with Crippen LogP contribution in [-0.2, 0) is 11.3 Å². The van der Waals surface area contributed by atoms with Crippen molar-refractivity contribution in [2.75, 3.05) is 0 Å². The third-order valence-corrected chi connectivity index (χ3v) is 2.88. The quantitative estimate of drug-likeness (QED) is 0.682. The van der Waals surface area contributed by atoms with E-state index in [-0.39, 0.29) is 18.0 Å². The fourth-order valence-corrected chi connectivity index (χ4v) is 1.73. The number of rotatable bonds is 3. The van der Waals surface area contributed by atoms with Crippen molar-refractivity contribution >= 4 is 12.4 Å². The molecule has 7 nitrogen and oxygen atoms in total. The van der Waals surface area contributed by atoms with Gasteiger partial charge in [0.2, 0.25) is 0 Å². The summed E-state index contributed by atoms with van der Waals surface area (Å²) in [6.45, 7) is 7.08. The van der Waals surface area contributed by atoms with Gasteiger partial charge in [-0.25, -0.2) is 4.79 Å². The van der Waals surface area contributed by atoms with Gasteiger partial charge in [-0.3, -0.25) is 4.79 Å². The van der Waals surface area contributed by atoms with Gasteiger partial charge < -0.3 is 20.3 Å². The Bertz CT molecular complexity index is 792. The number of hydrogen-bond acceptors (Lipinski definition) is 6. The molecule has 0 saturated heterocycles. The molecule has 7 heteroatoms. The van der Waals surface area contributed by atoms with Gasteiger partial charge in [0.25, 0.3) is 0 Å². The average molecular weight is 386 g/mol. The number of hydrogen-bond donors (Lipinski definition) is 3. The Kier molecular flexibility index (Phi) is 11.2. The predicted molar refractivity (Wildman–Crippen MR) is 106 cm³/mol. The number of alkyl carbamates (subject to hydrolysis) is 1. The van der Waals surface area contributed by atoms with Crippen LogP contribution < -0.4 is 5.32 Å². The van der Waals surface area contributed by atoms with Crippen molar-refractivity contribution < 1.29 is 24.5 Å². The van der Waals surface area contributed by atoms with Crippen LogP contribution in [0.15, 0.2) is 48.5 Å². The fourth-order valence-electron chi connectivity index (χ4n) is 1.73. The van der Waals surface area contributed by atoms with E-state index in [4.69, 9.17) is 15.1 Å². The maximum atomic E-state index is 11.3. The first kappa shape index (κ1) is 24.5. The van der Waals surface area contributed by atoms with E-state index in [9.17, 15) is 14.7 Å². The lowest BCUT2D eigenvalue weighted by atomic mass is 10.2. The van der Waals surface area contributed by atoms with Crippen LogP contribution in [0.25, 0.3) is 0 Å². The Labute approximate surface area is 165 Å². The molecule has 0 saturated carbocycles. The number of aldehydes is 1. The molecule has 150 valence electrons. The second-order valence-electron chi connectivity index (χ2n) is 6.38. The minimum absolute atomic E-state index is 0.0347. The van der Waals surface area contributed by atoms with Crippen molar-refractivity contribution in [3.63, 3.8) is 0 Å². The van der Waals surface area contributed by atoms with Gasteiger partial charge in [-0.15, -0.1) is 0 Å². The Morgan fingerprint density at radius 2 is 1.61 bits per heavy atom. The summed E-state index contributed by atoms with van der Waals surface area (Å²) < 4.78 is 5.07. The highest BCUT2D eigenvalue weighted by molar-refractivity contribution is 5.78. The number of ether oxygens (including phenoxy) is 1. The standard InChI is InChI=1S/C12H17NO3.C7H6O2.C2H3N/c1-12(2,3)16-11(15)13-8-9-6-4-5-7-10(9)14;8-5-6-3-1-2-4-7(6)9;1-2-3/h4-7,14H,8H2,1-3H3,(H,13,15);1-5,9H;1H3. The van der Waals surface area contributed by atoms with Crippen molar-refractivity contribution in [2.45, 2.75) is 39.8 Å². The van der Waals surface area contributed by atoms with E-state index in [1.54, 1.807) is 69.3 Å². The molecule has 3 N–H and O–H groups in total. The highest BCUT2D eigenvalue weighted by atomic mass is 16.6. The first-order valence-corrected chi connectivity index (χ1v) is 8.42. The summed E-state index contributed by atoms with van der Waals surface area (Å²) in [5.41, 5.74) is 0.480. The molecule has 0 aromatic heterocycles. The molecule has 2 aromatic carbocycles. The molecule has 0 unspecified atom stereocenters. The fraction of sp³-hybridized carbons (Fsp3) is 0.286. The monoisotopic (exact) mass is 386 g/mol. The summed E-state index contributed by atoms with van der Waals surface area (Å²) in [7, 11) is 0. The summed E-state index contributed by atoms with van der Waals surface area (Å²) in [6.07, 6.45) is 0.130. The topological polar surface area (TPSA) is 120 Å². The number of carbonyl (C=O) groups is 2. The van der Waals surface area contributed by atoms with Crippen LogP contribution >= 0.6 is 0 Å². The van der Waals surface area contributed by atoms with Crippen LogP contribution in [0.4, 0.5) is 4.79 Å². The number of carbonyl (C=O) groups excluding carboxylic acids is 2. The van der Waals surface area contributed by atoms with Crippen LogP contribution in [0, 0.1) is 11.3 Å². The lowest BCUT2D eigenvalue weighted by Gasteiger charge is -2.19. The molecule has 2 rings (SSSR count). The van der Waals surface area contributed by atoms with Crippen molar-refractivity contribution in [2.24, 2.45) is 0 Å². The molecule has 2 aromatic rings. The number of phenolic OH excluding ortho intramolecular Hbond substituents is 2. The molecule has 0 aliphatic rings. The molecule has 0 aliphatic heterocycles. The van der Waals surface area contributed by atoms with E-state index in [2.05, 4.69) is 5.32 Å². The molecule has 1 amide bonds. The number of nitriles is 1. The molecule has 0 bridgehead atoms. The van der Waals surface area contributed by atoms with Crippen LogP contribution in [0.3, 0.4) is 0 Å². The molecule has 0 heterocycles. The summed E-state index contributed by atoms with van der Waals surface area (Å²) in [6, 6.07) is 15.0. The SMILES string of the molecule is CC#N.CC(C)(C)OC(=O)NCc1ccccc1O.O=Cc1ccccc1O. The zero-order valence-electron chi connectivity index (χ0n) is 16.5. The minimum Gasteiger partial charge on any atom is -0.508 e. The Morgan fingerprint density at radius 3 is 2.04 bits per heavy atom. The number of nitrogens with zero attached hydrogens (tertiary/aromatic N) is 1. The summed E-state index contributed by atoms with van der Waals surface area (Å²) in [4.78, 5) is 21.4. The van der Waals surface area contributed by atoms with E-state index in [0.29, 0.717) is 17.4 Å². The normalized spacial score (nSPS) is 9.39. The van der Waals surface area contributed by atoms with Gasteiger partial charge in [0.1, 0.15) is 17.1 Å². The highest BCUT2D eigenvalue weighted by Gasteiger charge is 2.15. The van der Waals surface area contributed by atoms with Crippen LogP contribution in [0.5, 0.6) is 11.5 Å². The van der Waals surface area contributed by atoms with Crippen molar-refractivity contribution in [1.82, 2.24) is 5.32 Å². The van der Waals surface area contributed by atoms with Gasteiger partial charge >= 0.3 is 6.09 Å². The highest BCUT2D eigenvalue weighted by Crippen LogP contribution is 2.15. The molecule has 0 aliphatic carbocycles. The lowest BCUT2D eigenvalue weighted by molar-refractivity contribution is 0.0523. The van der Waals surface area contributed by atoms with Crippen molar-refractivity contribution in [3.05, 3.63) is 59.7 Å². The molecule has 28 heavy (non-hydrogen) atoms. The lowest BCUT2D eigenvalue weighted by Crippen LogP contribution is -2.32. The van der Waals surface area contributed by atoms with Crippen molar-refractivity contribution in [3.8, 4) is 17.6 Å². The van der Waals surface area contributed by atoms with E-state index < -0.39 is 11.7 Å². The maximum absolute atomic E-state index is 11.3. The van der Waals surface area contributed by atoms with Crippen molar-refractivity contribution in [1.29, 1.82) is 5.26 Å². The average Bonchev–Trinajstić information content (AvgIpc) is 2.61. The minimum atomic E-state index is -0.511. The van der Waals surface area contributed by atoms with Gasteiger partial charge in [0.15, 0.2) is 6.29 Å². The number of para-hydroxylation sites is 2. The zero-order valence-corrected chi connectivity index (χ0v) is 16.5. The van der Waals surface area contributed by atoms with Gasteiger partial charge in [-0.05, 0) is 39.0 Å². The molecule has 0 radical (unpaired) electrons. The molecule has 0 atom stereocenters. The second kappa shape index (κ2) is 12.8. The van der Waals surface area contributed by atoms with Gasteiger partial charge in [0.05, 0.1) is 11.6 Å². The third kappa shape index (κ3) is 11.2. The number of benzene rings is 2. The molecule has 0 spiro atoms. The van der Waals surface area contributed by atoms with Gasteiger partial charge in [-0.2, -0.15) is 5.26 Å². The van der Waals surface area contributed by atoms with Crippen LogP contribution in [0.2, 0.25) is 0 Å². The Morgan fingerprint density at radius 1 is 1.11 bits per heavy atom. The number of phenols is 2. The van der Waals surface area contributed by atoms with Gasteiger partial charge in [-0.1, -0.05) is 30.3 Å². The number of nitrogens with one attached hydrogen (secondary N) is 1. The van der Waals surface area contributed by atoms with E-state index >= 15 is 0 Å². The first-order valence-electron chi connectivity index (χ1n) is 8.42. The van der Waals surface area contributed by atoms with E-state index in [0.717, 1.165) is 0 Å². The van der Waals surface area contributed by atoms with Crippen LogP contribution in [-0.4, -0.2) is 28.2 Å². The molecule has 0 fully saturated rings. The van der Waals surface area contributed by atoms with E-state index in [1.165, 1.54) is 13.0 Å². The first-order chi connectivity index (χ1) is 13.1. The Hall–Kier alpha value is -3.53. The summed E-state index contributed by atoms with van der Waals surface area (Å²) in [5.74, 6) is 0.200. The smallest absolute Gasteiger partial charge is 0.407 e.